The summed E-state index contributed by atoms with van der Waals surface area (Å²) in [5.41, 5.74) is 0. The summed E-state index contributed by atoms with van der Waals surface area (Å²) in [7, 11) is 0. The lowest BCUT2D eigenvalue weighted by Crippen LogP contribution is -2.40. The Morgan fingerprint density at radius 1 is 1.28 bits per heavy atom. The predicted octanol–water partition coefficient (Wildman–Crippen LogP) is 3.52. The molecular weight excluding hydrogens is 220 g/mol. The van der Waals surface area contributed by atoms with Crippen LogP contribution < -0.4 is 5.32 Å². The normalized spacial score (nSPS) is 26.5. The van der Waals surface area contributed by atoms with E-state index < -0.39 is 0 Å². The second kappa shape index (κ2) is 8.92. The summed E-state index contributed by atoms with van der Waals surface area (Å²) in [6.45, 7) is 14.2. The second-order valence-electron chi connectivity index (χ2n) is 6.33. The Bertz CT molecular complexity index is 205. The number of nitrogens with zero attached hydrogens (tertiary/aromatic N) is 1. The van der Waals surface area contributed by atoms with Crippen molar-refractivity contribution in [2.24, 2.45) is 11.8 Å². The highest BCUT2D eigenvalue weighted by Crippen LogP contribution is 2.23. The van der Waals surface area contributed by atoms with E-state index in [1.807, 2.05) is 0 Å². The summed E-state index contributed by atoms with van der Waals surface area (Å²) in [4.78, 5) is 2.59. The van der Waals surface area contributed by atoms with Crippen molar-refractivity contribution >= 4 is 0 Å². The van der Waals surface area contributed by atoms with Gasteiger partial charge in [0.05, 0.1) is 0 Å². The molecule has 0 saturated heterocycles. The second-order valence-corrected chi connectivity index (χ2v) is 6.33. The largest absolute Gasteiger partial charge is 0.313 e. The molecule has 0 aromatic rings. The van der Waals surface area contributed by atoms with E-state index >= 15 is 0 Å². The minimum absolute atomic E-state index is 0.788. The van der Waals surface area contributed by atoms with Crippen LogP contribution in [0, 0.1) is 11.8 Å². The first-order valence-corrected chi connectivity index (χ1v) is 8.11. The highest BCUT2D eigenvalue weighted by molar-refractivity contribution is 4.76. The molecule has 0 amide bonds. The maximum atomic E-state index is 3.77. The molecule has 0 spiro atoms. The fraction of sp³-hybridized carbons (Fsp3) is 1.00. The Labute approximate surface area is 115 Å². The van der Waals surface area contributed by atoms with Gasteiger partial charge in [-0.05, 0) is 31.2 Å². The molecule has 0 aliphatic heterocycles. The molecule has 18 heavy (non-hydrogen) atoms. The number of hydrogen-bond acceptors (Lipinski definition) is 2. The Hall–Kier alpha value is -0.0800. The van der Waals surface area contributed by atoms with Crippen LogP contribution in [0.25, 0.3) is 0 Å². The topological polar surface area (TPSA) is 15.3 Å². The Balaban J connectivity index is 2.14. The van der Waals surface area contributed by atoms with Crippen LogP contribution in [0.3, 0.4) is 0 Å². The average molecular weight is 254 g/mol. The average Bonchev–Trinajstić information content (AvgIpc) is 2.37. The summed E-state index contributed by atoms with van der Waals surface area (Å²) >= 11 is 0. The highest BCUT2D eigenvalue weighted by atomic mass is 15.1. The summed E-state index contributed by atoms with van der Waals surface area (Å²) in [6.07, 6.45) is 6.93. The van der Waals surface area contributed by atoms with Crippen molar-refractivity contribution in [3.63, 3.8) is 0 Å². The molecule has 1 saturated carbocycles. The number of likely N-dealkylation sites (N-methyl/N-ethyl adjacent to an activating group) is 1. The molecule has 3 atom stereocenters. The van der Waals surface area contributed by atoms with E-state index in [1.165, 1.54) is 58.3 Å². The predicted molar refractivity (Wildman–Crippen MR) is 81.0 cm³/mol. The minimum Gasteiger partial charge on any atom is -0.313 e. The first kappa shape index (κ1) is 16.0. The third kappa shape index (κ3) is 6.19. The van der Waals surface area contributed by atoms with Gasteiger partial charge in [-0.25, -0.2) is 0 Å². The van der Waals surface area contributed by atoms with Crippen LogP contribution in [0.2, 0.25) is 0 Å². The molecule has 1 aliphatic carbocycles. The van der Waals surface area contributed by atoms with Crippen molar-refractivity contribution < 1.29 is 0 Å². The molecule has 0 aromatic carbocycles. The molecule has 0 heterocycles. The molecule has 0 bridgehead atoms. The molecule has 3 unspecified atom stereocenters. The van der Waals surface area contributed by atoms with Crippen LogP contribution in [0.1, 0.15) is 59.8 Å². The van der Waals surface area contributed by atoms with Crippen LogP contribution >= 0.6 is 0 Å². The quantitative estimate of drug-likeness (QED) is 0.713. The van der Waals surface area contributed by atoms with Crippen molar-refractivity contribution in [3.05, 3.63) is 0 Å². The van der Waals surface area contributed by atoms with Crippen molar-refractivity contribution in [2.45, 2.75) is 65.8 Å². The van der Waals surface area contributed by atoms with E-state index in [4.69, 9.17) is 0 Å². The maximum absolute atomic E-state index is 3.77. The van der Waals surface area contributed by atoms with Gasteiger partial charge >= 0.3 is 0 Å². The van der Waals surface area contributed by atoms with E-state index in [1.54, 1.807) is 0 Å². The summed E-state index contributed by atoms with van der Waals surface area (Å²) < 4.78 is 0. The Morgan fingerprint density at radius 2 is 2.06 bits per heavy atom. The van der Waals surface area contributed by atoms with Gasteiger partial charge in [0.2, 0.25) is 0 Å². The van der Waals surface area contributed by atoms with Crippen LogP contribution in [-0.2, 0) is 0 Å². The third-order valence-corrected chi connectivity index (χ3v) is 4.51. The number of nitrogens with one attached hydrogen (secondary N) is 1. The SMILES string of the molecule is CCC(C)CN(CC)CCNC1CCCC(C)C1. The Kier molecular flexibility index (Phi) is 7.92. The molecule has 0 aromatic heterocycles. The van der Waals surface area contributed by atoms with Gasteiger partial charge in [0.1, 0.15) is 0 Å². The van der Waals surface area contributed by atoms with Crippen LogP contribution in [-0.4, -0.2) is 37.1 Å². The standard InChI is InChI=1S/C16H34N2/c1-5-14(3)13-18(6-2)11-10-17-16-9-7-8-15(4)12-16/h14-17H,5-13H2,1-4H3. The zero-order chi connectivity index (χ0) is 13.4. The number of rotatable bonds is 8. The molecule has 0 radical (unpaired) electrons. The molecule has 1 fully saturated rings. The fourth-order valence-corrected chi connectivity index (χ4v) is 2.99. The molecule has 1 aliphatic rings. The zero-order valence-corrected chi connectivity index (χ0v) is 13.0. The van der Waals surface area contributed by atoms with Crippen molar-refractivity contribution in [3.8, 4) is 0 Å². The zero-order valence-electron chi connectivity index (χ0n) is 13.0. The van der Waals surface area contributed by atoms with Crippen molar-refractivity contribution in [1.82, 2.24) is 10.2 Å². The van der Waals surface area contributed by atoms with Crippen LogP contribution in [0.4, 0.5) is 0 Å². The van der Waals surface area contributed by atoms with Gasteiger partial charge in [-0.2, -0.15) is 0 Å². The van der Waals surface area contributed by atoms with Crippen molar-refractivity contribution in [1.29, 1.82) is 0 Å². The van der Waals surface area contributed by atoms with Gasteiger partial charge in [0.15, 0.2) is 0 Å². The maximum Gasteiger partial charge on any atom is 0.0107 e. The van der Waals surface area contributed by atoms with Gasteiger partial charge in [-0.3, -0.25) is 0 Å². The number of hydrogen-bond donors (Lipinski definition) is 1. The molecular formula is C16H34N2. The van der Waals surface area contributed by atoms with Gasteiger partial charge in [-0.15, -0.1) is 0 Å². The van der Waals surface area contributed by atoms with E-state index in [9.17, 15) is 0 Å². The lowest BCUT2D eigenvalue weighted by Gasteiger charge is -2.29. The van der Waals surface area contributed by atoms with Gasteiger partial charge in [-0.1, -0.05) is 47.0 Å². The first-order chi connectivity index (χ1) is 8.65. The highest BCUT2D eigenvalue weighted by Gasteiger charge is 2.18. The smallest absolute Gasteiger partial charge is 0.0107 e. The minimum atomic E-state index is 0.788. The van der Waals surface area contributed by atoms with E-state index in [-0.39, 0.29) is 0 Å². The third-order valence-electron chi connectivity index (χ3n) is 4.51. The molecule has 1 rings (SSSR count). The van der Waals surface area contributed by atoms with E-state index in [0.717, 1.165) is 17.9 Å². The van der Waals surface area contributed by atoms with Gasteiger partial charge in [0.25, 0.3) is 0 Å². The molecule has 2 nitrogen and oxygen atoms in total. The lowest BCUT2D eigenvalue weighted by molar-refractivity contribution is 0.232. The first-order valence-electron chi connectivity index (χ1n) is 8.11. The van der Waals surface area contributed by atoms with Crippen LogP contribution in [0.5, 0.6) is 0 Å². The summed E-state index contributed by atoms with van der Waals surface area (Å²) in [5.74, 6) is 1.76. The van der Waals surface area contributed by atoms with E-state index in [2.05, 4.69) is 37.9 Å². The van der Waals surface area contributed by atoms with Crippen molar-refractivity contribution in [2.75, 3.05) is 26.2 Å². The van der Waals surface area contributed by atoms with Crippen LogP contribution in [0.15, 0.2) is 0 Å². The lowest BCUT2D eigenvalue weighted by atomic mass is 9.87. The van der Waals surface area contributed by atoms with Gasteiger partial charge in [0, 0.05) is 25.7 Å². The fourth-order valence-electron chi connectivity index (χ4n) is 2.99. The monoisotopic (exact) mass is 254 g/mol. The van der Waals surface area contributed by atoms with E-state index in [0.29, 0.717) is 0 Å². The molecule has 1 N–H and O–H groups in total. The Morgan fingerprint density at radius 3 is 2.67 bits per heavy atom. The summed E-state index contributed by atoms with van der Waals surface area (Å²) in [6, 6.07) is 0.788. The molecule has 108 valence electrons. The summed E-state index contributed by atoms with van der Waals surface area (Å²) in [5, 5.41) is 3.77. The van der Waals surface area contributed by atoms with Gasteiger partial charge < -0.3 is 10.2 Å². The molecule has 2 heteroatoms.